The molecule has 0 aliphatic heterocycles. The van der Waals surface area contributed by atoms with Gasteiger partial charge in [-0.1, -0.05) is 17.7 Å². The Morgan fingerprint density at radius 2 is 2.00 bits per heavy atom. The lowest BCUT2D eigenvalue weighted by Crippen LogP contribution is -2.30. The number of anilines is 1. The molecule has 0 spiro atoms. The van der Waals surface area contributed by atoms with Crippen molar-refractivity contribution in [2.45, 2.75) is 33.4 Å². The number of nitrogens with zero attached hydrogens (tertiary/aromatic N) is 3. The van der Waals surface area contributed by atoms with Crippen molar-refractivity contribution in [1.29, 1.82) is 0 Å². The number of thiophene rings is 1. The van der Waals surface area contributed by atoms with Crippen molar-refractivity contribution < 1.29 is 9.59 Å². The average Bonchev–Trinajstić information content (AvgIpc) is 3.39. The van der Waals surface area contributed by atoms with E-state index in [1.165, 1.54) is 0 Å². The highest BCUT2D eigenvalue weighted by Crippen LogP contribution is 2.26. The van der Waals surface area contributed by atoms with Gasteiger partial charge >= 0.3 is 0 Å². The quantitative estimate of drug-likeness (QED) is 0.422. The number of rotatable bonds is 6. The molecule has 164 valence electrons. The van der Waals surface area contributed by atoms with Crippen LogP contribution < -0.4 is 10.6 Å². The van der Waals surface area contributed by atoms with E-state index in [9.17, 15) is 9.59 Å². The Morgan fingerprint density at radius 1 is 1.19 bits per heavy atom. The highest BCUT2D eigenvalue weighted by atomic mass is 35.5. The third-order valence-electron chi connectivity index (χ3n) is 4.76. The van der Waals surface area contributed by atoms with Crippen molar-refractivity contribution >= 4 is 51.5 Å². The van der Waals surface area contributed by atoms with Gasteiger partial charge in [-0.25, -0.2) is 9.67 Å². The molecular formula is C23H22ClN5O2S. The second-order valence-corrected chi connectivity index (χ2v) is 9.15. The average molecular weight is 468 g/mol. The molecule has 0 atom stereocenters. The number of pyridine rings is 1. The van der Waals surface area contributed by atoms with E-state index in [1.54, 1.807) is 46.5 Å². The van der Waals surface area contributed by atoms with Gasteiger partial charge in [0.05, 0.1) is 34.4 Å². The molecule has 0 bridgehead atoms. The van der Waals surface area contributed by atoms with Gasteiger partial charge < -0.3 is 10.6 Å². The minimum absolute atomic E-state index is 0.00462. The summed E-state index contributed by atoms with van der Waals surface area (Å²) >= 11 is 7.94. The first-order chi connectivity index (χ1) is 15.3. The predicted molar refractivity (Wildman–Crippen MR) is 128 cm³/mol. The molecule has 0 unspecified atom stereocenters. The van der Waals surface area contributed by atoms with Crippen LogP contribution in [0.15, 0.2) is 48.0 Å². The van der Waals surface area contributed by atoms with Crippen molar-refractivity contribution in [3.05, 3.63) is 74.7 Å². The third kappa shape index (κ3) is 4.66. The molecule has 4 aromatic rings. The minimum atomic E-state index is -0.348. The van der Waals surface area contributed by atoms with Crippen molar-refractivity contribution in [1.82, 2.24) is 20.1 Å². The molecule has 0 aliphatic rings. The number of hydrogen-bond donors (Lipinski definition) is 2. The summed E-state index contributed by atoms with van der Waals surface area (Å²) in [6.07, 6.45) is 1.65. The standard InChI is InChI=1S/C23H22ClN5O2S/c1-13(2)26-22(30)15-6-7-19(24)20(10-15)28-23(31)17-9-14(3)27-21-18(17)11-25-29(21)12-16-5-4-8-32-16/h4-11,13H,12H2,1-3H3,(H,26,30)(H,28,31). The van der Waals surface area contributed by atoms with E-state index in [4.69, 9.17) is 11.6 Å². The maximum absolute atomic E-state index is 13.2. The first kappa shape index (κ1) is 22.0. The summed E-state index contributed by atoms with van der Waals surface area (Å²) in [7, 11) is 0. The number of hydrogen-bond acceptors (Lipinski definition) is 5. The maximum atomic E-state index is 13.2. The molecule has 2 N–H and O–H groups in total. The van der Waals surface area contributed by atoms with Crippen molar-refractivity contribution in [3.8, 4) is 0 Å². The highest BCUT2D eigenvalue weighted by Gasteiger charge is 2.18. The molecule has 9 heteroatoms. The van der Waals surface area contributed by atoms with E-state index in [0.717, 1.165) is 4.88 Å². The zero-order chi connectivity index (χ0) is 22.8. The number of carbonyl (C=O) groups is 2. The number of nitrogens with one attached hydrogen (secondary N) is 2. The van der Waals surface area contributed by atoms with Gasteiger partial charge in [0, 0.05) is 22.2 Å². The van der Waals surface area contributed by atoms with Gasteiger partial charge in [-0.3, -0.25) is 9.59 Å². The van der Waals surface area contributed by atoms with Crippen LogP contribution in [-0.2, 0) is 6.54 Å². The van der Waals surface area contributed by atoms with Crippen LogP contribution in [0.4, 0.5) is 5.69 Å². The number of carbonyl (C=O) groups excluding carboxylic acids is 2. The summed E-state index contributed by atoms with van der Waals surface area (Å²) in [6.45, 7) is 6.18. The Balaban J connectivity index is 1.65. The van der Waals surface area contributed by atoms with E-state index in [2.05, 4.69) is 20.7 Å². The molecule has 3 heterocycles. The molecule has 0 radical (unpaired) electrons. The number of fused-ring (bicyclic) bond motifs is 1. The van der Waals surface area contributed by atoms with Gasteiger partial charge in [0.25, 0.3) is 11.8 Å². The fourth-order valence-electron chi connectivity index (χ4n) is 3.32. The van der Waals surface area contributed by atoms with Crippen LogP contribution in [-0.4, -0.2) is 32.6 Å². The van der Waals surface area contributed by atoms with Gasteiger partial charge in [0.1, 0.15) is 0 Å². The Hall–Kier alpha value is -3.23. The van der Waals surface area contributed by atoms with Gasteiger partial charge in [0.15, 0.2) is 5.65 Å². The summed E-state index contributed by atoms with van der Waals surface area (Å²) in [6, 6.07) is 10.5. The first-order valence-electron chi connectivity index (χ1n) is 10.1. The summed E-state index contributed by atoms with van der Waals surface area (Å²) in [5.41, 5.74) is 2.56. The molecular weight excluding hydrogens is 446 g/mol. The molecule has 0 fully saturated rings. The van der Waals surface area contributed by atoms with Crippen LogP contribution in [0.25, 0.3) is 11.0 Å². The Kier molecular flexibility index (Phi) is 6.25. The molecule has 3 aromatic heterocycles. The highest BCUT2D eigenvalue weighted by molar-refractivity contribution is 7.09. The van der Waals surface area contributed by atoms with Gasteiger partial charge in [-0.15, -0.1) is 11.3 Å². The van der Waals surface area contributed by atoms with E-state index >= 15 is 0 Å². The van der Waals surface area contributed by atoms with E-state index in [0.29, 0.717) is 45.1 Å². The summed E-state index contributed by atoms with van der Waals surface area (Å²) < 4.78 is 1.79. The number of halogens is 1. The van der Waals surface area contributed by atoms with Gasteiger partial charge in [-0.2, -0.15) is 5.10 Å². The Bertz CT molecular complexity index is 1300. The van der Waals surface area contributed by atoms with Crippen LogP contribution in [0.3, 0.4) is 0 Å². The largest absolute Gasteiger partial charge is 0.350 e. The van der Waals surface area contributed by atoms with E-state index < -0.39 is 0 Å². The third-order valence-corrected chi connectivity index (χ3v) is 5.95. The van der Waals surface area contributed by atoms with Crippen molar-refractivity contribution in [3.63, 3.8) is 0 Å². The molecule has 2 amide bonds. The second kappa shape index (κ2) is 9.10. The lowest BCUT2D eigenvalue weighted by Gasteiger charge is -2.12. The molecule has 0 saturated heterocycles. The zero-order valence-corrected chi connectivity index (χ0v) is 19.4. The summed E-state index contributed by atoms with van der Waals surface area (Å²) in [4.78, 5) is 31.3. The second-order valence-electron chi connectivity index (χ2n) is 7.71. The van der Waals surface area contributed by atoms with Crippen LogP contribution in [0.5, 0.6) is 0 Å². The summed E-state index contributed by atoms with van der Waals surface area (Å²) in [5.74, 6) is -0.580. The number of benzene rings is 1. The van der Waals surface area contributed by atoms with Crippen LogP contribution in [0, 0.1) is 6.92 Å². The number of amides is 2. The lowest BCUT2D eigenvalue weighted by atomic mass is 10.1. The smallest absolute Gasteiger partial charge is 0.256 e. The fraction of sp³-hybridized carbons (Fsp3) is 0.217. The topological polar surface area (TPSA) is 88.9 Å². The maximum Gasteiger partial charge on any atom is 0.256 e. The van der Waals surface area contributed by atoms with E-state index in [-0.39, 0.29) is 17.9 Å². The predicted octanol–water partition coefficient (Wildman–Crippen LogP) is 4.89. The van der Waals surface area contributed by atoms with Crippen molar-refractivity contribution in [2.75, 3.05) is 5.32 Å². The normalized spacial score (nSPS) is 11.2. The molecule has 7 nitrogen and oxygen atoms in total. The van der Waals surface area contributed by atoms with Crippen LogP contribution >= 0.6 is 22.9 Å². The minimum Gasteiger partial charge on any atom is -0.350 e. The SMILES string of the molecule is Cc1cc(C(=O)Nc2cc(C(=O)NC(C)C)ccc2Cl)c2cnn(Cc3cccs3)c2n1. The molecule has 4 rings (SSSR count). The van der Waals surface area contributed by atoms with Crippen LogP contribution in [0.2, 0.25) is 5.02 Å². The molecule has 32 heavy (non-hydrogen) atoms. The number of aromatic nitrogens is 3. The Morgan fingerprint density at radius 3 is 2.72 bits per heavy atom. The fourth-order valence-corrected chi connectivity index (χ4v) is 4.17. The first-order valence-corrected chi connectivity index (χ1v) is 11.3. The zero-order valence-electron chi connectivity index (χ0n) is 17.8. The van der Waals surface area contributed by atoms with Crippen molar-refractivity contribution in [2.24, 2.45) is 0 Å². The summed E-state index contributed by atoms with van der Waals surface area (Å²) in [5, 5.41) is 13.1. The van der Waals surface area contributed by atoms with Gasteiger partial charge in [0.2, 0.25) is 0 Å². The van der Waals surface area contributed by atoms with Gasteiger partial charge in [-0.05, 0) is 56.5 Å². The Labute approximate surface area is 194 Å². The number of aryl methyl sites for hydroxylation is 1. The monoisotopic (exact) mass is 467 g/mol. The molecule has 0 aliphatic carbocycles. The van der Waals surface area contributed by atoms with E-state index in [1.807, 2.05) is 38.3 Å². The van der Waals surface area contributed by atoms with Crippen LogP contribution in [0.1, 0.15) is 45.1 Å². The lowest BCUT2D eigenvalue weighted by molar-refractivity contribution is 0.0942. The molecule has 1 aromatic carbocycles. The molecule has 0 saturated carbocycles.